The lowest BCUT2D eigenvalue weighted by molar-refractivity contribution is -0.327. The minimum Gasteiger partial charge on any atom is -0.497 e. The number of rotatable bonds is 7. The van der Waals surface area contributed by atoms with E-state index in [1.807, 2.05) is 36.4 Å². The molecule has 0 aliphatic carbocycles. The maximum absolute atomic E-state index is 13.3. The van der Waals surface area contributed by atoms with Gasteiger partial charge in [0.15, 0.2) is 5.60 Å². The molecule has 1 amide bonds. The molecule has 0 radical (unpaired) electrons. The van der Waals surface area contributed by atoms with Crippen LogP contribution in [-0.2, 0) is 10.4 Å². The van der Waals surface area contributed by atoms with Gasteiger partial charge in [-0.3, -0.25) is 4.79 Å². The number of hydrogen-bond donors (Lipinski definition) is 3. The average Bonchev–Trinajstić information content (AvgIpc) is 2.86. The summed E-state index contributed by atoms with van der Waals surface area (Å²) in [5, 5.41) is 12.7. The number of ether oxygens (including phenoxy) is 2. The topological polar surface area (TPSA) is 94.0 Å². The molecule has 0 bridgehead atoms. The fourth-order valence-electron chi connectivity index (χ4n) is 3.50. The molecule has 0 unspecified atom stereocenters. The minimum absolute atomic E-state index is 0.394. The summed E-state index contributed by atoms with van der Waals surface area (Å²) >= 11 is 0. The second-order valence-corrected chi connectivity index (χ2v) is 7.21. The number of H-pyrrole nitrogens is 1. The highest BCUT2D eigenvalue weighted by molar-refractivity contribution is 5.91. The highest BCUT2D eigenvalue weighted by Crippen LogP contribution is 2.32. The summed E-state index contributed by atoms with van der Waals surface area (Å²) in [4.78, 5) is 16.5. The number of carbonyl (C=O) groups is 1. The van der Waals surface area contributed by atoms with Crippen molar-refractivity contribution in [2.75, 3.05) is 19.6 Å². The van der Waals surface area contributed by atoms with Gasteiger partial charge in [0.05, 0.1) is 14.2 Å². The van der Waals surface area contributed by atoms with Gasteiger partial charge in [-0.25, -0.2) is 4.98 Å². The third-order valence-corrected chi connectivity index (χ3v) is 5.31. The molecule has 1 aromatic heterocycles. The molecule has 7 heteroatoms. The van der Waals surface area contributed by atoms with Gasteiger partial charge in [0.2, 0.25) is 0 Å². The van der Waals surface area contributed by atoms with Crippen molar-refractivity contribution in [1.82, 2.24) is 5.43 Å². The van der Waals surface area contributed by atoms with E-state index in [0.717, 1.165) is 10.9 Å². The van der Waals surface area contributed by atoms with Gasteiger partial charge in [0, 0.05) is 11.5 Å². The Morgan fingerprint density at radius 3 is 1.94 bits per heavy atom. The summed E-state index contributed by atoms with van der Waals surface area (Å²) in [5.74, 6) is 1.17. The number of aromatic nitrogens is 1. The number of nitrogens with one attached hydrogen (secondary N) is 3. The van der Waals surface area contributed by atoms with Crippen molar-refractivity contribution in [2.24, 2.45) is 0 Å². The average molecular weight is 430 g/mol. The number of para-hydroxylation sites is 1. The highest BCUT2D eigenvalue weighted by atomic mass is 16.5. The van der Waals surface area contributed by atoms with E-state index in [1.165, 1.54) is 0 Å². The van der Waals surface area contributed by atoms with Crippen molar-refractivity contribution in [2.45, 2.75) is 5.60 Å². The number of aliphatic hydroxyl groups is 1. The Balaban J connectivity index is 1.64. The molecule has 0 saturated carbocycles. The molecular weight excluding hydrogens is 406 g/mol. The van der Waals surface area contributed by atoms with Crippen molar-refractivity contribution in [3.05, 3.63) is 96.1 Å². The molecule has 162 valence electrons. The Morgan fingerprint density at radius 1 is 0.812 bits per heavy atom. The summed E-state index contributed by atoms with van der Waals surface area (Å²) in [6.07, 6.45) is 0. The van der Waals surface area contributed by atoms with Gasteiger partial charge in [-0.2, -0.15) is 10.9 Å². The van der Waals surface area contributed by atoms with Crippen molar-refractivity contribution in [3.63, 3.8) is 0 Å². The predicted molar refractivity (Wildman–Crippen MR) is 121 cm³/mol. The Morgan fingerprint density at radius 2 is 1.38 bits per heavy atom. The van der Waals surface area contributed by atoms with Gasteiger partial charge in [0.1, 0.15) is 17.0 Å². The molecule has 7 nitrogen and oxygen atoms in total. The van der Waals surface area contributed by atoms with Crippen molar-refractivity contribution in [1.29, 1.82) is 0 Å². The Labute approximate surface area is 185 Å². The normalized spacial score (nSPS) is 11.1. The van der Waals surface area contributed by atoms with Gasteiger partial charge >= 0.3 is 0 Å². The molecule has 32 heavy (non-hydrogen) atoms. The van der Waals surface area contributed by atoms with E-state index in [0.29, 0.717) is 28.4 Å². The van der Waals surface area contributed by atoms with Gasteiger partial charge in [-0.05, 0) is 47.5 Å². The molecule has 0 saturated heterocycles. The Kier molecular flexibility index (Phi) is 5.91. The van der Waals surface area contributed by atoms with Crippen LogP contribution < -0.4 is 25.3 Å². The van der Waals surface area contributed by atoms with E-state index in [4.69, 9.17) is 9.47 Å². The largest absolute Gasteiger partial charge is 0.497 e. The number of carbonyl (C=O) groups excluding carboxylic acids is 1. The summed E-state index contributed by atoms with van der Waals surface area (Å²) in [7, 11) is 3.11. The number of amides is 1. The van der Waals surface area contributed by atoms with E-state index < -0.39 is 11.5 Å². The van der Waals surface area contributed by atoms with Crippen molar-refractivity contribution in [3.8, 4) is 11.5 Å². The fraction of sp³-hybridized carbons (Fsp3) is 0.120. The van der Waals surface area contributed by atoms with Crippen LogP contribution in [0.25, 0.3) is 10.9 Å². The number of pyridine rings is 1. The fourth-order valence-corrected chi connectivity index (χ4v) is 3.50. The smallest absolute Gasteiger partial charge is 0.296 e. The maximum atomic E-state index is 13.3. The van der Waals surface area contributed by atoms with Gasteiger partial charge < -0.3 is 14.6 Å². The third-order valence-electron chi connectivity index (χ3n) is 5.31. The summed E-state index contributed by atoms with van der Waals surface area (Å²) < 4.78 is 10.4. The van der Waals surface area contributed by atoms with Crippen LogP contribution in [0.2, 0.25) is 0 Å². The predicted octanol–water partition coefficient (Wildman–Crippen LogP) is 3.05. The summed E-state index contributed by atoms with van der Waals surface area (Å²) in [6.45, 7) is 0. The lowest BCUT2D eigenvalue weighted by Gasteiger charge is -2.27. The quantitative estimate of drug-likeness (QED) is 0.392. The molecular formula is C25H24N3O4+. The molecule has 0 spiro atoms. The molecule has 0 aliphatic heterocycles. The number of fused-ring (bicyclic) bond motifs is 1. The second kappa shape index (κ2) is 8.95. The first-order valence-electron chi connectivity index (χ1n) is 10.0. The van der Waals surface area contributed by atoms with Gasteiger partial charge in [0.25, 0.3) is 11.7 Å². The van der Waals surface area contributed by atoms with Crippen LogP contribution in [0.1, 0.15) is 11.1 Å². The molecule has 4 N–H and O–H groups in total. The Bertz CT molecular complexity index is 1180. The zero-order valence-corrected chi connectivity index (χ0v) is 17.8. The van der Waals surface area contributed by atoms with Crippen LogP contribution in [0, 0.1) is 0 Å². The lowest BCUT2D eigenvalue weighted by atomic mass is 9.85. The van der Waals surface area contributed by atoms with Crippen LogP contribution >= 0.6 is 0 Å². The number of hydrogen-bond acceptors (Lipinski definition) is 5. The molecule has 4 aromatic rings. The summed E-state index contributed by atoms with van der Waals surface area (Å²) in [5.41, 5.74) is 5.23. The Hall–Kier alpha value is -4.10. The first kappa shape index (κ1) is 21.1. The van der Waals surface area contributed by atoms with Crippen molar-refractivity contribution >= 4 is 22.6 Å². The van der Waals surface area contributed by atoms with E-state index in [9.17, 15) is 9.90 Å². The maximum Gasteiger partial charge on any atom is 0.296 e. The van der Waals surface area contributed by atoms with E-state index in [-0.39, 0.29) is 0 Å². The van der Waals surface area contributed by atoms with Crippen LogP contribution in [0.4, 0.5) is 5.82 Å². The standard InChI is InChI=1S/C25H23N3O4/c1-31-20-12-8-18(9-13-20)25(30,19-10-14-21(32-2)15-11-19)24(29)28-27-23-16-7-17-5-3-4-6-22(17)26-23/h3-16,30H,1-2H3,(H,26,27)(H,28,29)/p+1. The molecule has 4 rings (SSSR count). The third kappa shape index (κ3) is 4.06. The van der Waals surface area contributed by atoms with Crippen LogP contribution in [0.3, 0.4) is 0 Å². The SMILES string of the molecule is COc1ccc(C(O)(C(=O)NNc2ccc3ccccc3[nH+]2)c2ccc(OC)cc2)cc1. The number of hydrazine groups is 1. The zero-order chi connectivity index (χ0) is 22.6. The first-order chi connectivity index (χ1) is 15.5. The van der Waals surface area contributed by atoms with E-state index in [2.05, 4.69) is 15.8 Å². The highest BCUT2D eigenvalue weighted by Gasteiger charge is 2.41. The van der Waals surface area contributed by atoms with Crippen LogP contribution in [0.15, 0.2) is 84.9 Å². The molecule has 0 fully saturated rings. The van der Waals surface area contributed by atoms with E-state index in [1.54, 1.807) is 62.8 Å². The van der Waals surface area contributed by atoms with Crippen molar-refractivity contribution < 1.29 is 24.4 Å². The second-order valence-electron chi connectivity index (χ2n) is 7.21. The molecule has 3 aromatic carbocycles. The lowest BCUT2D eigenvalue weighted by Crippen LogP contribution is -2.48. The molecule has 0 atom stereocenters. The zero-order valence-electron chi connectivity index (χ0n) is 17.8. The summed E-state index contributed by atoms with van der Waals surface area (Å²) in [6, 6.07) is 25.0. The molecule has 0 aliphatic rings. The number of methoxy groups -OCH3 is 2. The van der Waals surface area contributed by atoms with E-state index >= 15 is 0 Å². The number of aromatic amines is 1. The molecule has 1 heterocycles. The number of anilines is 1. The van der Waals surface area contributed by atoms with Gasteiger partial charge in [-0.1, -0.05) is 42.5 Å². The monoisotopic (exact) mass is 430 g/mol. The minimum atomic E-state index is -1.96. The van der Waals surface area contributed by atoms with Crippen LogP contribution in [-0.4, -0.2) is 25.2 Å². The first-order valence-corrected chi connectivity index (χ1v) is 10.0. The van der Waals surface area contributed by atoms with Gasteiger partial charge in [-0.15, -0.1) is 0 Å². The number of benzene rings is 3. The van der Waals surface area contributed by atoms with Crippen LogP contribution in [0.5, 0.6) is 11.5 Å².